The predicted octanol–water partition coefficient (Wildman–Crippen LogP) is 0.714. The van der Waals surface area contributed by atoms with Crippen LogP contribution in [0.1, 0.15) is 38.5 Å². The third-order valence-corrected chi connectivity index (χ3v) is 6.86. The van der Waals surface area contributed by atoms with E-state index >= 15 is 0 Å². The molecule has 2 N–H and O–H groups in total. The summed E-state index contributed by atoms with van der Waals surface area (Å²) in [6.45, 7) is 1.26. The highest BCUT2D eigenvalue weighted by Crippen LogP contribution is 2.44. The Balaban J connectivity index is 1.57. The van der Waals surface area contributed by atoms with Crippen LogP contribution in [-0.4, -0.2) is 43.6 Å². The fourth-order valence-corrected chi connectivity index (χ4v) is 5.50. The van der Waals surface area contributed by atoms with Crippen LogP contribution < -0.4 is 4.72 Å². The largest absolute Gasteiger partial charge is 0.396 e. The molecule has 0 amide bonds. The maximum atomic E-state index is 12.4. The summed E-state index contributed by atoms with van der Waals surface area (Å²) in [5.74, 6) is 1.58. The van der Waals surface area contributed by atoms with Gasteiger partial charge in [0.1, 0.15) is 0 Å². The lowest BCUT2D eigenvalue weighted by Crippen LogP contribution is -2.49. The average Bonchev–Trinajstić information content (AvgIpc) is 3.00. The Morgan fingerprint density at radius 2 is 1.84 bits per heavy atom. The van der Waals surface area contributed by atoms with Gasteiger partial charge < -0.3 is 5.11 Å². The van der Waals surface area contributed by atoms with E-state index in [0.29, 0.717) is 19.0 Å². The molecule has 1 heterocycles. The van der Waals surface area contributed by atoms with Crippen LogP contribution in [0.3, 0.4) is 0 Å². The summed E-state index contributed by atoms with van der Waals surface area (Å²) in [6, 6.07) is 0.166. The van der Waals surface area contributed by atoms with Crippen LogP contribution in [0.25, 0.3) is 0 Å². The monoisotopic (exact) mass is 288 g/mol. The summed E-state index contributed by atoms with van der Waals surface area (Å²) in [7, 11) is -3.32. The first-order valence-corrected chi connectivity index (χ1v) is 8.91. The van der Waals surface area contributed by atoms with Crippen LogP contribution in [0.5, 0.6) is 0 Å². The van der Waals surface area contributed by atoms with E-state index in [1.807, 2.05) is 0 Å². The van der Waals surface area contributed by atoms with E-state index in [9.17, 15) is 8.42 Å². The van der Waals surface area contributed by atoms with Crippen LogP contribution >= 0.6 is 0 Å². The fourth-order valence-electron chi connectivity index (χ4n) is 3.99. The molecule has 0 aromatic carbocycles. The first-order chi connectivity index (χ1) is 9.08. The second-order valence-electron chi connectivity index (χ2n) is 6.43. The number of fused-ring (bicyclic) bond motifs is 2. The third kappa shape index (κ3) is 2.82. The number of nitrogens with zero attached hydrogens (tertiary/aromatic N) is 1. The van der Waals surface area contributed by atoms with Crippen LogP contribution in [0.4, 0.5) is 0 Å². The van der Waals surface area contributed by atoms with E-state index in [4.69, 9.17) is 5.11 Å². The van der Waals surface area contributed by atoms with Gasteiger partial charge in [0.2, 0.25) is 0 Å². The minimum Gasteiger partial charge on any atom is -0.396 e. The highest BCUT2D eigenvalue weighted by molar-refractivity contribution is 7.87. The van der Waals surface area contributed by atoms with Gasteiger partial charge in [-0.3, -0.25) is 0 Å². The summed E-state index contributed by atoms with van der Waals surface area (Å²) in [4.78, 5) is 0. The average molecular weight is 288 g/mol. The molecule has 0 aromatic heterocycles. The topological polar surface area (TPSA) is 69.6 Å². The lowest BCUT2D eigenvalue weighted by atomic mass is 9.96. The minimum absolute atomic E-state index is 0.166. The van der Waals surface area contributed by atoms with Crippen LogP contribution in [0, 0.1) is 17.8 Å². The van der Waals surface area contributed by atoms with E-state index in [1.54, 1.807) is 4.31 Å². The zero-order valence-electron chi connectivity index (χ0n) is 11.3. The van der Waals surface area contributed by atoms with Crippen molar-refractivity contribution in [3.63, 3.8) is 0 Å². The molecule has 3 aliphatic rings. The Morgan fingerprint density at radius 1 is 1.11 bits per heavy atom. The number of nitrogens with one attached hydrogen (secondary N) is 1. The number of aliphatic hydroxyl groups excluding tert-OH is 1. The normalized spacial score (nSPS) is 37.0. The Bertz CT molecular complexity index is 418. The zero-order chi connectivity index (χ0) is 13.5. The van der Waals surface area contributed by atoms with Gasteiger partial charge in [-0.1, -0.05) is 6.42 Å². The van der Waals surface area contributed by atoms with Gasteiger partial charge in [0.15, 0.2) is 0 Å². The van der Waals surface area contributed by atoms with Gasteiger partial charge in [-0.25, -0.2) is 0 Å². The van der Waals surface area contributed by atoms with Crippen molar-refractivity contribution in [1.29, 1.82) is 0 Å². The first kappa shape index (κ1) is 13.8. The van der Waals surface area contributed by atoms with Crippen molar-refractivity contribution in [2.24, 2.45) is 17.8 Å². The molecular formula is C13H24N2O3S. The van der Waals surface area contributed by atoms with E-state index in [1.165, 1.54) is 19.3 Å². The van der Waals surface area contributed by atoms with Crippen molar-refractivity contribution in [1.82, 2.24) is 9.03 Å². The molecule has 2 bridgehead atoms. The molecule has 3 unspecified atom stereocenters. The Hall–Kier alpha value is -0.170. The maximum Gasteiger partial charge on any atom is 0.279 e. The van der Waals surface area contributed by atoms with Crippen LogP contribution in [0.2, 0.25) is 0 Å². The van der Waals surface area contributed by atoms with Gasteiger partial charge in [-0.05, 0) is 49.9 Å². The van der Waals surface area contributed by atoms with Gasteiger partial charge in [0, 0.05) is 25.7 Å². The quantitative estimate of drug-likeness (QED) is 0.800. The van der Waals surface area contributed by atoms with Crippen molar-refractivity contribution in [3.8, 4) is 0 Å². The summed E-state index contributed by atoms with van der Waals surface area (Å²) in [5, 5.41) is 9.10. The molecule has 0 radical (unpaired) electrons. The fraction of sp³-hybridized carbons (Fsp3) is 1.00. The summed E-state index contributed by atoms with van der Waals surface area (Å²) in [6.07, 6.45) is 6.24. The summed E-state index contributed by atoms with van der Waals surface area (Å²) < 4.78 is 29.2. The van der Waals surface area contributed by atoms with Crippen molar-refractivity contribution in [2.75, 3.05) is 19.7 Å². The number of hydrogen-bond acceptors (Lipinski definition) is 3. The summed E-state index contributed by atoms with van der Waals surface area (Å²) >= 11 is 0. The van der Waals surface area contributed by atoms with Gasteiger partial charge in [0.25, 0.3) is 10.2 Å². The Kier molecular flexibility index (Phi) is 3.86. The minimum atomic E-state index is -3.32. The molecule has 110 valence electrons. The molecule has 2 saturated carbocycles. The standard InChI is InChI=1S/C13H24N2O3S/c16-9-10-3-5-15(6-4-10)19(17,18)14-13-8-11-1-2-12(13)7-11/h10-14,16H,1-9H2. The molecule has 3 rings (SSSR count). The number of aliphatic hydroxyl groups is 1. The van der Waals surface area contributed by atoms with Gasteiger partial charge >= 0.3 is 0 Å². The summed E-state index contributed by atoms with van der Waals surface area (Å²) in [5.41, 5.74) is 0. The first-order valence-electron chi connectivity index (χ1n) is 7.46. The number of hydrogen-bond donors (Lipinski definition) is 2. The third-order valence-electron chi connectivity index (χ3n) is 5.21. The smallest absolute Gasteiger partial charge is 0.279 e. The second kappa shape index (κ2) is 5.31. The van der Waals surface area contributed by atoms with Crippen LogP contribution in [-0.2, 0) is 10.2 Å². The van der Waals surface area contributed by atoms with Crippen molar-refractivity contribution >= 4 is 10.2 Å². The van der Waals surface area contributed by atoms with Gasteiger partial charge in [-0.15, -0.1) is 0 Å². The maximum absolute atomic E-state index is 12.4. The van der Waals surface area contributed by atoms with Crippen molar-refractivity contribution in [3.05, 3.63) is 0 Å². The SMILES string of the molecule is O=S(=O)(NC1CC2CCC1C2)N1CCC(CO)CC1. The van der Waals surface area contributed by atoms with Crippen molar-refractivity contribution < 1.29 is 13.5 Å². The molecule has 0 aromatic rings. The van der Waals surface area contributed by atoms with Crippen LogP contribution in [0.15, 0.2) is 0 Å². The molecule has 3 fully saturated rings. The van der Waals surface area contributed by atoms with E-state index < -0.39 is 10.2 Å². The zero-order valence-corrected chi connectivity index (χ0v) is 12.1. The molecule has 2 aliphatic carbocycles. The Labute approximate surface area is 115 Å². The number of rotatable bonds is 4. The second-order valence-corrected chi connectivity index (χ2v) is 8.13. The highest BCUT2D eigenvalue weighted by Gasteiger charge is 2.42. The molecule has 6 heteroatoms. The van der Waals surface area contributed by atoms with Crippen molar-refractivity contribution in [2.45, 2.75) is 44.6 Å². The number of piperidine rings is 1. The van der Waals surface area contributed by atoms with E-state index in [0.717, 1.165) is 25.2 Å². The lowest BCUT2D eigenvalue weighted by molar-refractivity contribution is 0.169. The molecule has 5 nitrogen and oxygen atoms in total. The highest BCUT2D eigenvalue weighted by atomic mass is 32.2. The Morgan fingerprint density at radius 3 is 2.37 bits per heavy atom. The lowest BCUT2D eigenvalue weighted by Gasteiger charge is -2.32. The predicted molar refractivity (Wildman–Crippen MR) is 72.7 cm³/mol. The van der Waals surface area contributed by atoms with Gasteiger partial charge in [0.05, 0.1) is 0 Å². The van der Waals surface area contributed by atoms with E-state index in [2.05, 4.69) is 4.72 Å². The van der Waals surface area contributed by atoms with E-state index in [-0.39, 0.29) is 18.6 Å². The molecular weight excluding hydrogens is 264 g/mol. The van der Waals surface area contributed by atoms with Gasteiger partial charge in [-0.2, -0.15) is 17.4 Å². The molecule has 1 aliphatic heterocycles. The molecule has 19 heavy (non-hydrogen) atoms. The molecule has 1 saturated heterocycles. The molecule has 3 atom stereocenters. The molecule has 0 spiro atoms.